The van der Waals surface area contributed by atoms with Gasteiger partial charge in [0.1, 0.15) is 5.56 Å². The van der Waals surface area contributed by atoms with Crippen LogP contribution in [0, 0.1) is 5.41 Å². The number of amides is 4. The number of fused-ring (bicyclic) bond motifs is 4. The molecule has 3 aliphatic rings. The van der Waals surface area contributed by atoms with Gasteiger partial charge in [-0.1, -0.05) is 0 Å². The number of nitrogens with one attached hydrogen (secondary N) is 1. The summed E-state index contributed by atoms with van der Waals surface area (Å²) in [6.45, 7) is 4.06. The van der Waals surface area contributed by atoms with E-state index in [1.54, 1.807) is 26.0 Å². The molecule has 1 unspecified atom stereocenters. The van der Waals surface area contributed by atoms with Crippen molar-refractivity contribution in [2.75, 3.05) is 25.5 Å². The zero-order valence-electron chi connectivity index (χ0n) is 21.0. The third-order valence-electron chi connectivity index (χ3n) is 7.62. The average Bonchev–Trinajstić information content (AvgIpc) is 3.35. The van der Waals surface area contributed by atoms with E-state index in [-0.39, 0.29) is 18.0 Å². The van der Waals surface area contributed by atoms with Gasteiger partial charge >= 0.3 is 11.7 Å². The van der Waals surface area contributed by atoms with E-state index in [4.69, 9.17) is 0 Å². The zero-order valence-corrected chi connectivity index (χ0v) is 21.0. The standard InChI is InChI=1S/C25H28N6O6/c1-13(2)31-20(33)16(19(32)27-23(31)36)12-26-15-7-8-17-14(10-15)11-25(18-6-5-9-30(17)18)21(34)28(3)24(37)29(4)22(25)35/h7-8,10,12-13,18,33H,5-6,9,11H2,1-4H3,(H,27,32,36). The van der Waals surface area contributed by atoms with Gasteiger partial charge in [-0.15, -0.1) is 0 Å². The fraction of sp³-hybridized carbons (Fsp3) is 0.440. The number of benzene rings is 1. The summed E-state index contributed by atoms with van der Waals surface area (Å²) in [5, 5.41) is 10.5. The zero-order chi connectivity index (χ0) is 26.8. The van der Waals surface area contributed by atoms with Crippen molar-refractivity contribution in [1.82, 2.24) is 19.4 Å². The topological polar surface area (TPSA) is 148 Å². The van der Waals surface area contributed by atoms with Crippen LogP contribution in [0.2, 0.25) is 0 Å². The molecule has 0 bridgehead atoms. The number of barbiturate groups is 1. The van der Waals surface area contributed by atoms with E-state index in [9.17, 15) is 29.1 Å². The summed E-state index contributed by atoms with van der Waals surface area (Å²) in [6.07, 6.45) is 2.75. The molecule has 1 aromatic carbocycles. The van der Waals surface area contributed by atoms with E-state index in [1.807, 2.05) is 6.07 Å². The van der Waals surface area contributed by atoms with Crippen LogP contribution in [-0.4, -0.2) is 75.2 Å². The molecule has 4 amide bonds. The Balaban J connectivity index is 1.57. The molecule has 0 radical (unpaired) electrons. The van der Waals surface area contributed by atoms with Gasteiger partial charge in [0, 0.05) is 38.6 Å². The van der Waals surface area contributed by atoms with Gasteiger partial charge in [-0.05, 0) is 56.9 Å². The third kappa shape index (κ3) is 3.42. The lowest BCUT2D eigenvalue weighted by molar-refractivity contribution is -0.159. The van der Waals surface area contributed by atoms with Gasteiger partial charge in [-0.25, -0.2) is 9.59 Å². The number of nitrogens with zero attached hydrogens (tertiary/aromatic N) is 5. The Morgan fingerprint density at radius 2 is 1.78 bits per heavy atom. The Morgan fingerprint density at radius 3 is 2.43 bits per heavy atom. The number of hydrogen-bond donors (Lipinski definition) is 2. The van der Waals surface area contributed by atoms with Crippen LogP contribution in [0.5, 0.6) is 5.88 Å². The Labute approximate surface area is 211 Å². The molecule has 5 rings (SSSR count). The summed E-state index contributed by atoms with van der Waals surface area (Å²) in [5.41, 5.74) is -1.04. The summed E-state index contributed by atoms with van der Waals surface area (Å²) in [7, 11) is 2.79. The normalized spacial score (nSPS) is 20.9. The third-order valence-corrected chi connectivity index (χ3v) is 7.62. The number of imide groups is 2. The van der Waals surface area contributed by atoms with Crippen molar-refractivity contribution in [3.63, 3.8) is 0 Å². The molecule has 0 saturated carbocycles. The molecule has 2 fully saturated rings. The summed E-state index contributed by atoms with van der Waals surface area (Å²) < 4.78 is 1.06. The first kappa shape index (κ1) is 24.5. The number of aromatic hydroxyl groups is 1. The predicted octanol–water partition coefficient (Wildman–Crippen LogP) is 1.14. The molecule has 0 aliphatic carbocycles. The van der Waals surface area contributed by atoms with Crippen molar-refractivity contribution in [2.45, 2.75) is 45.2 Å². The van der Waals surface area contributed by atoms with E-state index in [0.29, 0.717) is 18.7 Å². The molecule has 1 atom stereocenters. The summed E-state index contributed by atoms with van der Waals surface area (Å²) in [4.78, 5) is 74.5. The molecule has 12 nitrogen and oxygen atoms in total. The SMILES string of the molecule is CC(C)n1c(O)c(C=Nc2ccc3c(c2)CC2(C(=O)N(C)C(=O)N(C)C2=O)C2CCCN32)c(=O)[nH]c1=O. The van der Waals surface area contributed by atoms with Crippen molar-refractivity contribution in [1.29, 1.82) is 0 Å². The van der Waals surface area contributed by atoms with E-state index in [1.165, 1.54) is 20.3 Å². The van der Waals surface area contributed by atoms with Gasteiger partial charge in [0.25, 0.3) is 5.56 Å². The Bertz CT molecular complexity index is 1460. The monoisotopic (exact) mass is 508 g/mol. The maximum Gasteiger partial charge on any atom is 0.332 e. The Hall–Kier alpha value is -4.22. The first-order valence-electron chi connectivity index (χ1n) is 12.1. The molecule has 2 saturated heterocycles. The van der Waals surface area contributed by atoms with Crippen LogP contribution in [-0.2, 0) is 16.0 Å². The maximum absolute atomic E-state index is 13.5. The second-order valence-corrected chi connectivity index (χ2v) is 10.0. The largest absolute Gasteiger partial charge is 0.494 e. The molecule has 12 heteroatoms. The van der Waals surface area contributed by atoms with Crippen LogP contribution in [0.3, 0.4) is 0 Å². The van der Waals surface area contributed by atoms with Crippen molar-refractivity contribution in [3.8, 4) is 5.88 Å². The van der Waals surface area contributed by atoms with E-state index in [2.05, 4.69) is 14.9 Å². The number of aromatic amines is 1. The van der Waals surface area contributed by atoms with Gasteiger partial charge in [-0.3, -0.25) is 38.7 Å². The van der Waals surface area contributed by atoms with Crippen molar-refractivity contribution in [2.24, 2.45) is 10.4 Å². The van der Waals surface area contributed by atoms with Crippen molar-refractivity contribution >= 4 is 35.4 Å². The van der Waals surface area contributed by atoms with Crippen LogP contribution in [0.15, 0.2) is 32.8 Å². The quantitative estimate of drug-likeness (QED) is 0.466. The number of anilines is 1. The fourth-order valence-corrected chi connectivity index (χ4v) is 5.87. The highest BCUT2D eigenvalue weighted by Crippen LogP contribution is 2.49. The van der Waals surface area contributed by atoms with Crippen molar-refractivity contribution < 1.29 is 19.5 Å². The Kier molecular flexibility index (Phi) is 5.57. The van der Waals surface area contributed by atoms with E-state index < -0.39 is 46.4 Å². The molecule has 4 heterocycles. The maximum atomic E-state index is 13.5. The molecular weight excluding hydrogens is 480 g/mol. The summed E-state index contributed by atoms with van der Waals surface area (Å²) in [5.74, 6) is -1.51. The molecule has 37 heavy (non-hydrogen) atoms. The number of aromatic nitrogens is 2. The lowest BCUT2D eigenvalue weighted by atomic mass is 9.68. The molecule has 2 N–H and O–H groups in total. The van der Waals surface area contributed by atoms with Crippen LogP contribution >= 0.6 is 0 Å². The van der Waals surface area contributed by atoms with Gasteiger partial charge < -0.3 is 10.0 Å². The number of rotatable bonds is 3. The smallest absolute Gasteiger partial charge is 0.332 e. The number of urea groups is 1. The molecule has 194 valence electrons. The van der Waals surface area contributed by atoms with Gasteiger partial charge in [-0.2, -0.15) is 0 Å². The molecular formula is C25H28N6O6. The van der Waals surface area contributed by atoms with Crippen LogP contribution in [0.4, 0.5) is 16.2 Å². The molecule has 1 aromatic heterocycles. The Morgan fingerprint density at radius 1 is 1.11 bits per heavy atom. The number of hydrogen-bond acceptors (Lipinski definition) is 8. The number of carbonyl (C=O) groups is 3. The van der Waals surface area contributed by atoms with E-state index >= 15 is 0 Å². The first-order valence-corrected chi connectivity index (χ1v) is 12.1. The fourth-order valence-electron chi connectivity index (χ4n) is 5.87. The molecule has 1 spiro atoms. The highest BCUT2D eigenvalue weighted by molar-refractivity contribution is 6.20. The van der Waals surface area contributed by atoms with Gasteiger partial charge in [0.2, 0.25) is 17.7 Å². The summed E-state index contributed by atoms with van der Waals surface area (Å²) >= 11 is 0. The lowest BCUT2D eigenvalue weighted by Gasteiger charge is -2.50. The van der Waals surface area contributed by atoms with E-state index in [0.717, 1.165) is 32.0 Å². The number of carbonyl (C=O) groups excluding carboxylic acids is 3. The highest BCUT2D eigenvalue weighted by atomic mass is 16.3. The highest BCUT2D eigenvalue weighted by Gasteiger charge is 2.63. The number of H-pyrrole nitrogens is 1. The second-order valence-electron chi connectivity index (χ2n) is 10.0. The van der Waals surface area contributed by atoms with Gasteiger partial charge in [0.05, 0.1) is 11.7 Å². The molecule has 3 aliphatic heterocycles. The van der Waals surface area contributed by atoms with Crippen LogP contribution in [0.25, 0.3) is 0 Å². The first-order chi connectivity index (χ1) is 17.5. The second kappa shape index (κ2) is 8.43. The predicted molar refractivity (Wildman–Crippen MR) is 135 cm³/mol. The van der Waals surface area contributed by atoms with Gasteiger partial charge in [0.15, 0.2) is 5.41 Å². The minimum atomic E-state index is -1.43. The van der Waals surface area contributed by atoms with Crippen molar-refractivity contribution in [3.05, 3.63) is 50.2 Å². The molecule has 2 aromatic rings. The minimum Gasteiger partial charge on any atom is -0.494 e. The average molecular weight is 509 g/mol. The van der Waals surface area contributed by atoms with Crippen LogP contribution in [0.1, 0.15) is 43.9 Å². The van der Waals surface area contributed by atoms with Crippen LogP contribution < -0.4 is 16.1 Å². The lowest BCUT2D eigenvalue weighted by Crippen LogP contribution is -2.70. The number of aliphatic imine (C=N–C) groups is 1. The minimum absolute atomic E-state index is 0.108. The summed E-state index contributed by atoms with van der Waals surface area (Å²) in [6, 6.07) is 3.95.